The Bertz CT molecular complexity index is 467. The molecule has 3 heteroatoms. The van der Waals surface area contributed by atoms with Crippen LogP contribution in [-0.2, 0) is 0 Å². The van der Waals surface area contributed by atoms with Gasteiger partial charge in [0.05, 0.1) is 11.7 Å². The maximum atomic E-state index is 11.4. The van der Waals surface area contributed by atoms with Crippen LogP contribution in [0.25, 0.3) is 0 Å². The number of hydrogen-bond acceptors (Lipinski definition) is 3. The van der Waals surface area contributed by atoms with E-state index in [-0.39, 0.29) is 12.4 Å². The minimum Gasteiger partial charge on any atom is -0.490 e. The van der Waals surface area contributed by atoms with Crippen LogP contribution in [0.2, 0.25) is 0 Å². The van der Waals surface area contributed by atoms with Crippen molar-refractivity contribution in [2.24, 2.45) is 5.92 Å². The zero-order valence-corrected chi connectivity index (χ0v) is 10.6. The van der Waals surface area contributed by atoms with Crippen LogP contribution in [-0.4, -0.2) is 18.5 Å². The molecule has 1 aliphatic heterocycles. The summed E-state index contributed by atoms with van der Waals surface area (Å²) >= 11 is 0. The van der Waals surface area contributed by atoms with Gasteiger partial charge in [-0.15, -0.1) is 0 Å². The molecule has 0 amide bonds. The lowest BCUT2D eigenvalue weighted by atomic mass is 9.89. The molecule has 1 aliphatic carbocycles. The highest BCUT2D eigenvalue weighted by Gasteiger charge is 2.23. The van der Waals surface area contributed by atoms with Gasteiger partial charge >= 0.3 is 0 Å². The van der Waals surface area contributed by atoms with E-state index in [1.807, 2.05) is 18.2 Å². The molecule has 0 radical (unpaired) electrons. The number of benzene rings is 1. The zero-order valence-electron chi connectivity index (χ0n) is 10.6. The molecule has 0 aromatic heterocycles. The van der Waals surface area contributed by atoms with Crippen LogP contribution in [0.1, 0.15) is 43.0 Å². The first kappa shape index (κ1) is 11.6. The molecular weight excluding hydrogens is 228 g/mol. The van der Waals surface area contributed by atoms with E-state index in [1.54, 1.807) is 0 Å². The Morgan fingerprint density at radius 1 is 1.33 bits per heavy atom. The van der Waals surface area contributed by atoms with Crippen molar-refractivity contribution >= 4 is 5.78 Å². The lowest BCUT2D eigenvalue weighted by Gasteiger charge is -2.27. The summed E-state index contributed by atoms with van der Waals surface area (Å²) in [4.78, 5) is 11.4. The minimum atomic E-state index is 0.0582. The summed E-state index contributed by atoms with van der Waals surface area (Å²) in [6.45, 7) is 2.44. The van der Waals surface area contributed by atoms with Gasteiger partial charge in [0.15, 0.2) is 6.61 Å². The van der Waals surface area contributed by atoms with Crippen LogP contribution in [0.4, 0.5) is 0 Å². The van der Waals surface area contributed by atoms with Crippen molar-refractivity contribution in [3.05, 3.63) is 23.8 Å². The van der Waals surface area contributed by atoms with Crippen molar-refractivity contribution in [2.45, 2.75) is 38.7 Å². The lowest BCUT2D eigenvalue weighted by molar-refractivity contribution is 0.0961. The fraction of sp³-hybridized carbons (Fsp3) is 0.533. The first-order valence-corrected chi connectivity index (χ1v) is 6.69. The topological polar surface area (TPSA) is 35.5 Å². The predicted molar refractivity (Wildman–Crippen MR) is 68.3 cm³/mol. The molecule has 2 aliphatic rings. The number of rotatable bonds is 2. The smallest absolute Gasteiger partial charge is 0.203 e. The van der Waals surface area contributed by atoms with Crippen molar-refractivity contribution in [3.8, 4) is 11.5 Å². The van der Waals surface area contributed by atoms with E-state index in [0.717, 1.165) is 24.5 Å². The Kier molecular flexibility index (Phi) is 2.98. The van der Waals surface area contributed by atoms with Gasteiger partial charge in [-0.3, -0.25) is 4.79 Å². The third-order valence-electron chi connectivity index (χ3n) is 3.80. The summed E-state index contributed by atoms with van der Waals surface area (Å²) in [5.74, 6) is 2.29. The average Bonchev–Trinajstić information content (AvgIpc) is 2.71. The predicted octanol–water partition coefficient (Wildman–Crippen LogP) is 3.22. The summed E-state index contributed by atoms with van der Waals surface area (Å²) in [6, 6.07) is 5.54. The van der Waals surface area contributed by atoms with E-state index >= 15 is 0 Å². The normalized spacial score (nSPS) is 26.6. The van der Waals surface area contributed by atoms with Crippen LogP contribution >= 0.6 is 0 Å². The molecule has 0 N–H and O–H groups in total. The maximum Gasteiger partial charge on any atom is 0.203 e. The third-order valence-corrected chi connectivity index (χ3v) is 3.80. The van der Waals surface area contributed by atoms with Crippen LogP contribution in [0.5, 0.6) is 11.5 Å². The zero-order chi connectivity index (χ0) is 12.5. The molecule has 2 unspecified atom stereocenters. The van der Waals surface area contributed by atoms with Gasteiger partial charge in [0.2, 0.25) is 5.78 Å². The van der Waals surface area contributed by atoms with E-state index in [0.29, 0.717) is 17.4 Å². The third kappa shape index (κ3) is 2.22. The maximum absolute atomic E-state index is 11.4. The minimum absolute atomic E-state index is 0.0582. The van der Waals surface area contributed by atoms with Crippen LogP contribution in [0.15, 0.2) is 18.2 Å². The number of carbonyl (C=O) groups is 1. The van der Waals surface area contributed by atoms with Gasteiger partial charge < -0.3 is 9.47 Å². The van der Waals surface area contributed by atoms with Gasteiger partial charge in [-0.05, 0) is 37.3 Å². The van der Waals surface area contributed by atoms with Gasteiger partial charge in [0.25, 0.3) is 0 Å². The highest BCUT2D eigenvalue weighted by molar-refractivity contribution is 6.02. The molecule has 1 fully saturated rings. The second kappa shape index (κ2) is 4.63. The number of ketones is 1. The molecule has 3 nitrogen and oxygen atoms in total. The summed E-state index contributed by atoms with van der Waals surface area (Å²) in [5, 5.41) is 0. The van der Waals surface area contributed by atoms with E-state index in [2.05, 4.69) is 6.92 Å². The van der Waals surface area contributed by atoms with Gasteiger partial charge in [0.1, 0.15) is 11.5 Å². The van der Waals surface area contributed by atoms with Crippen molar-refractivity contribution in [1.29, 1.82) is 0 Å². The molecule has 0 bridgehead atoms. The van der Waals surface area contributed by atoms with Crippen LogP contribution in [0.3, 0.4) is 0 Å². The van der Waals surface area contributed by atoms with Crippen molar-refractivity contribution in [3.63, 3.8) is 0 Å². The largest absolute Gasteiger partial charge is 0.490 e. The van der Waals surface area contributed by atoms with Gasteiger partial charge in [-0.25, -0.2) is 0 Å². The number of fused-ring (bicyclic) bond motifs is 1. The van der Waals surface area contributed by atoms with Crippen molar-refractivity contribution in [2.75, 3.05) is 6.61 Å². The SMILES string of the molecule is CC1CCCC(Oc2ccc3c(c2)OCC3=O)C1. The van der Waals surface area contributed by atoms with E-state index in [9.17, 15) is 4.79 Å². The monoisotopic (exact) mass is 246 g/mol. The quantitative estimate of drug-likeness (QED) is 0.803. The molecule has 1 aromatic rings. The molecule has 1 aromatic carbocycles. The number of ether oxygens (including phenoxy) is 2. The summed E-state index contributed by atoms with van der Waals surface area (Å²) in [7, 11) is 0. The fourth-order valence-corrected chi connectivity index (χ4v) is 2.82. The number of Topliss-reactive ketones (excluding diaryl/α,β-unsaturated/α-hetero) is 1. The molecule has 1 saturated carbocycles. The first-order valence-electron chi connectivity index (χ1n) is 6.69. The van der Waals surface area contributed by atoms with E-state index < -0.39 is 0 Å². The summed E-state index contributed by atoms with van der Waals surface area (Å²) < 4.78 is 11.3. The summed E-state index contributed by atoms with van der Waals surface area (Å²) in [5.41, 5.74) is 0.680. The van der Waals surface area contributed by atoms with Crippen molar-refractivity contribution < 1.29 is 14.3 Å². The molecule has 0 saturated heterocycles. The van der Waals surface area contributed by atoms with Gasteiger partial charge in [-0.1, -0.05) is 13.3 Å². The Morgan fingerprint density at radius 3 is 3.06 bits per heavy atom. The molecule has 96 valence electrons. The summed E-state index contributed by atoms with van der Waals surface area (Å²) in [6.07, 6.45) is 5.11. The molecule has 2 atom stereocenters. The molecule has 1 heterocycles. The van der Waals surface area contributed by atoms with E-state index in [1.165, 1.54) is 12.8 Å². The number of hydrogen-bond donors (Lipinski definition) is 0. The molecule has 3 rings (SSSR count). The van der Waals surface area contributed by atoms with Crippen molar-refractivity contribution in [1.82, 2.24) is 0 Å². The second-order valence-electron chi connectivity index (χ2n) is 5.38. The molecule has 0 spiro atoms. The Labute approximate surface area is 107 Å². The molecule has 18 heavy (non-hydrogen) atoms. The average molecular weight is 246 g/mol. The molecular formula is C15H18O3. The van der Waals surface area contributed by atoms with E-state index in [4.69, 9.17) is 9.47 Å². The van der Waals surface area contributed by atoms with Gasteiger partial charge in [-0.2, -0.15) is 0 Å². The Balaban J connectivity index is 1.72. The second-order valence-corrected chi connectivity index (χ2v) is 5.38. The fourth-order valence-electron chi connectivity index (χ4n) is 2.82. The van der Waals surface area contributed by atoms with Crippen LogP contribution in [0, 0.1) is 5.92 Å². The Morgan fingerprint density at radius 2 is 2.22 bits per heavy atom. The standard InChI is InChI=1S/C15H18O3/c1-10-3-2-4-11(7-10)18-12-5-6-13-14(16)9-17-15(13)8-12/h5-6,8,10-11H,2-4,7,9H2,1H3. The Hall–Kier alpha value is -1.51. The number of carbonyl (C=O) groups excluding carboxylic acids is 1. The first-order chi connectivity index (χ1) is 8.72. The van der Waals surface area contributed by atoms with Crippen LogP contribution < -0.4 is 9.47 Å². The highest BCUT2D eigenvalue weighted by atomic mass is 16.5. The van der Waals surface area contributed by atoms with Gasteiger partial charge in [0, 0.05) is 6.07 Å². The lowest BCUT2D eigenvalue weighted by Crippen LogP contribution is -2.24. The highest BCUT2D eigenvalue weighted by Crippen LogP contribution is 2.32.